The highest BCUT2D eigenvalue weighted by atomic mass is 16.5. The monoisotopic (exact) mass is 382 g/mol. The van der Waals surface area contributed by atoms with Crippen molar-refractivity contribution in [2.45, 2.75) is 54.2 Å². The molecule has 0 saturated carbocycles. The van der Waals surface area contributed by atoms with Crippen LogP contribution in [0, 0.1) is 26.7 Å². The van der Waals surface area contributed by atoms with Crippen molar-refractivity contribution >= 4 is 16.9 Å². The normalized spacial score (nSPS) is 11.4. The second kappa shape index (κ2) is 8.00. The minimum Gasteiger partial charge on any atom is -0.461 e. The number of fused-ring (bicyclic) bond motifs is 1. The molecule has 148 valence electrons. The van der Waals surface area contributed by atoms with Crippen molar-refractivity contribution in [2.24, 2.45) is 5.92 Å². The Kier molecular flexibility index (Phi) is 5.68. The third-order valence-electron chi connectivity index (χ3n) is 4.76. The van der Waals surface area contributed by atoms with Crippen molar-refractivity contribution in [1.82, 2.24) is 9.78 Å². The lowest BCUT2D eigenvalue weighted by Crippen LogP contribution is -2.12. The lowest BCUT2D eigenvalue weighted by Gasteiger charge is -2.09. The molecule has 0 N–H and O–H groups in total. The number of carbonyl (C=O) groups excluding carboxylic acids is 1. The van der Waals surface area contributed by atoms with Gasteiger partial charge in [0.25, 0.3) is 0 Å². The molecule has 0 amide bonds. The molecule has 0 saturated heterocycles. The van der Waals surface area contributed by atoms with Gasteiger partial charge in [-0.05, 0) is 38.3 Å². The van der Waals surface area contributed by atoms with Gasteiger partial charge in [0.05, 0.1) is 12.1 Å². The number of nitrogens with zero attached hydrogens (tertiary/aromatic N) is 2. The highest BCUT2D eigenvalue weighted by Crippen LogP contribution is 2.20. The quantitative estimate of drug-likeness (QED) is 0.478. The van der Waals surface area contributed by atoms with E-state index in [9.17, 15) is 9.59 Å². The first-order chi connectivity index (χ1) is 13.2. The van der Waals surface area contributed by atoms with Crippen molar-refractivity contribution in [2.75, 3.05) is 0 Å². The Morgan fingerprint density at radius 2 is 1.96 bits per heavy atom. The van der Waals surface area contributed by atoms with E-state index < -0.39 is 5.63 Å². The predicted molar refractivity (Wildman–Crippen MR) is 107 cm³/mol. The average Bonchev–Trinajstić information content (AvgIpc) is 2.86. The molecule has 0 aliphatic rings. The van der Waals surface area contributed by atoms with E-state index in [2.05, 4.69) is 18.9 Å². The van der Waals surface area contributed by atoms with Crippen LogP contribution in [0.25, 0.3) is 11.0 Å². The van der Waals surface area contributed by atoms with Gasteiger partial charge in [0, 0.05) is 34.8 Å². The highest BCUT2D eigenvalue weighted by molar-refractivity contribution is 5.81. The summed E-state index contributed by atoms with van der Waals surface area (Å²) in [5, 5.41) is 5.31. The molecule has 6 heteroatoms. The first-order valence-corrected chi connectivity index (χ1v) is 9.46. The molecule has 2 aromatic heterocycles. The molecule has 6 nitrogen and oxygen atoms in total. The maximum absolute atomic E-state index is 12.4. The number of carbonyl (C=O) groups is 1. The summed E-state index contributed by atoms with van der Waals surface area (Å²) < 4.78 is 12.7. The van der Waals surface area contributed by atoms with Gasteiger partial charge in [0.15, 0.2) is 0 Å². The number of ether oxygens (including phenoxy) is 1. The van der Waals surface area contributed by atoms with Gasteiger partial charge in [-0.2, -0.15) is 5.10 Å². The first kappa shape index (κ1) is 19.9. The number of hydrogen-bond donors (Lipinski definition) is 0. The minimum absolute atomic E-state index is 0.0300. The van der Waals surface area contributed by atoms with Crippen molar-refractivity contribution in [3.8, 4) is 0 Å². The van der Waals surface area contributed by atoms with E-state index in [1.807, 2.05) is 37.6 Å². The zero-order valence-electron chi connectivity index (χ0n) is 17.0. The molecule has 1 aromatic carbocycles. The largest absolute Gasteiger partial charge is 0.461 e. The van der Waals surface area contributed by atoms with Crippen LogP contribution in [0.15, 0.2) is 33.5 Å². The fourth-order valence-corrected chi connectivity index (χ4v) is 3.32. The summed E-state index contributed by atoms with van der Waals surface area (Å²) in [5.41, 5.74) is 4.42. The van der Waals surface area contributed by atoms with Gasteiger partial charge >= 0.3 is 11.6 Å². The zero-order valence-corrected chi connectivity index (χ0v) is 17.0. The van der Waals surface area contributed by atoms with Gasteiger partial charge in [-0.25, -0.2) is 4.79 Å². The van der Waals surface area contributed by atoms with E-state index in [-0.39, 0.29) is 19.0 Å². The number of hydrogen-bond acceptors (Lipinski definition) is 5. The highest BCUT2D eigenvalue weighted by Gasteiger charge is 2.17. The van der Waals surface area contributed by atoms with Gasteiger partial charge < -0.3 is 9.15 Å². The molecule has 0 atom stereocenters. The van der Waals surface area contributed by atoms with Crippen LogP contribution >= 0.6 is 0 Å². The summed E-state index contributed by atoms with van der Waals surface area (Å²) in [5.74, 6) is 0.128. The summed E-state index contributed by atoms with van der Waals surface area (Å²) in [4.78, 5) is 24.2. The third kappa shape index (κ3) is 4.32. The maximum Gasteiger partial charge on any atom is 0.336 e. The van der Waals surface area contributed by atoms with Crippen LogP contribution in [0.2, 0.25) is 0 Å². The molecular formula is C22H26N2O4. The number of aromatic nitrogens is 2. The Bertz CT molecular complexity index is 1080. The van der Waals surface area contributed by atoms with Crippen molar-refractivity contribution in [1.29, 1.82) is 0 Å². The Morgan fingerprint density at radius 3 is 2.68 bits per heavy atom. The Morgan fingerprint density at radius 1 is 1.21 bits per heavy atom. The van der Waals surface area contributed by atoms with Crippen LogP contribution < -0.4 is 5.63 Å². The second-order valence-corrected chi connectivity index (χ2v) is 7.65. The fourth-order valence-electron chi connectivity index (χ4n) is 3.32. The van der Waals surface area contributed by atoms with Crippen LogP contribution in [0.3, 0.4) is 0 Å². The Labute approximate surface area is 164 Å². The third-order valence-corrected chi connectivity index (χ3v) is 4.76. The predicted octanol–water partition coefficient (Wildman–Crippen LogP) is 3.86. The van der Waals surface area contributed by atoms with Crippen molar-refractivity contribution in [3.63, 3.8) is 0 Å². The Balaban J connectivity index is 1.74. The molecule has 3 rings (SSSR count). The summed E-state index contributed by atoms with van der Waals surface area (Å²) in [6, 6.07) is 6.99. The molecule has 0 aliphatic heterocycles. The van der Waals surface area contributed by atoms with Crippen molar-refractivity contribution in [3.05, 3.63) is 62.8 Å². The smallest absolute Gasteiger partial charge is 0.336 e. The molecule has 0 bridgehead atoms. The Hall–Kier alpha value is -2.89. The summed E-state index contributed by atoms with van der Waals surface area (Å²) in [7, 11) is 0. The number of rotatable bonds is 6. The van der Waals surface area contributed by atoms with Gasteiger partial charge in [-0.3, -0.25) is 9.48 Å². The van der Waals surface area contributed by atoms with E-state index >= 15 is 0 Å². The van der Waals surface area contributed by atoms with Gasteiger partial charge in [-0.15, -0.1) is 0 Å². The van der Waals surface area contributed by atoms with Crippen molar-refractivity contribution < 1.29 is 13.9 Å². The maximum atomic E-state index is 12.4. The topological polar surface area (TPSA) is 74.3 Å². The number of esters is 1. The summed E-state index contributed by atoms with van der Waals surface area (Å²) in [6.07, 6.45) is 0.161. The lowest BCUT2D eigenvalue weighted by molar-refractivity contribution is -0.144. The molecule has 28 heavy (non-hydrogen) atoms. The molecule has 2 heterocycles. The van der Waals surface area contributed by atoms with Crippen LogP contribution in [-0.4, -0.2) is 15.7 Å². The fraction of sp³-hybridized carbons (Fsp3) is 0.409. The first-order valence-electron chi connectivity index (χ1n) is 9.46. The lowest BCUT2D eigenvalue weighted by atomic mass is 10.1. The molecule has 0 radical (unpaired) electrons. The van der Waals surface area contributed by atoms with E-state index in [1.54, 1.807) is 6.07 Å². The molecular weight excluding hydrogens is 356 g/mol. The molecule has 0 spiro atoms. The molecule has 3 aromatic rings. The average molecular weight is 382 g/mol. The van der Waals surface area contributed by atoms with Gasteiger partial charge in [-0.1, -0.05) is 26.0 Å². The van der Waals surface area contributed by atoms with Gasteiger partial charge in [0.2, 0.25) is 0 Å². The van der Waals surface area contributed by atoms with Crippen LogP contribution in [0.5, 0.6) is 0 Å². The van der Waals surface area contributed by atoms with Gasteiger partial charge in [0.1, 0.15) is 12.2 Å². The van der Waals surface area contributed by atoms with E-state index in [0.717, 1.165) is 34.4 Å². The zero-order chi connectivity index (χ0) is 20.4. The number of benzene rings is 1. The minimum atomic E-state index is -0.453. The standard InChI is InChI=1S/C22H26N2O4/c1-13(2)11-24-16(5)19(15(4)23-24)10-21(25)27-12-17-9-22(26)28-20-8-14(3)6-7-18(17)20/h6-9,13H,10-12H2,1-5H3. The van der Waals surface area contributed by atoms with E-state index in [1.165, 1.54) is 6.07 Å². The van der Waals surface area contributed by atoms with Crippen LogP contribution in [-0.2, 0) is 29.1 Å². The second-order valence-electron chi connectivity index (χ2n) is 7.65. The van der Waals surface area contributed by atoms with Crippen LogP contribution in [0.1, 0.15) is 41.9 Å². The molecule has 0 unspecified atom stereocenters. The number of aryl methyl sites for hydroxylation is 2. The van der Waals surface area contributed by atoms with E-state index in [0.29, 0.717) is 17.1 Å². The molecule has 0 fully saturated rings. The summed E-state index contributed by atoms with van der Waals surface area (Å²) >= 11 is 0. The molecule has 0 aliphatic carbocycles. The van der Waals surface area contributed by atoms with E-state index in [4.69, 9.17) is 9.15 Å². The summed E-state index contributed by atoms with van der Waals surface area (Å²) in [6.45, 7) is 10.9. The van der Waals surface area contributed by atoms with Crippen LogP contribution in [0.4, 0.5) is 0 Å². The SMILES string of the molecule is Cc1ccc2c(COC(=O)Cc3c(C)nn(CC(C)C)c3C)cc(=O)oc2c1.